The topological polar surface area (TPSA) is 35.5 Å². The number of carbonyl (C=O) groups excluding carboxylic acids is 1. The maximum absolute atomic E-state index is 10.5. The maximum atomic E-state index is 10.5. The van der Waals surface area contributed by atoms with Crippen molar-refractivity contribution in [1.29, 1.82) is 0 Å². The number of aldehydes is 1. The van der Waals surface area contributed by atoms with Crippen LogP contribution >= 0.6 is 0 Å². The molecule has 1 saturated heterocycles. The van der Waals surface area contributed by atoms with Gasteiger partial charge < -0.3 is 14.3 Å². The van der Waals surface area contributed by atoms with E-state index in [-0.39, 0.29) is 11.3 Å². The molecule has 2 rings (SSSR count). The second-order valence-corrected chi connectivity index (χ2v) is 5.47. The Morgan fingerprint density at radius 3 is 2.89 bits per heavy atom. The van der Waals surface area contributed by atoms with Gasteiger partial charge in [-0.25, -0.2) is 0 Å². The van der Waals surface area contributed by atoms with E-state index in [9.17, 15) is 4.79 Å². The lowest BCUT2D eigenvalue weighted by molar-refractivity contribution is -0.120. The monoisotopic (exact) mass is 248 g/mol. The Bertz CT molecular complexity index is 410. The smallest absolute Gasteiger partial charge is 0.120 e. The molecule has 1 aromatic rings. The van der Waals surface area contributed by atoms with Gasteiger partial charge in [-0.2, -0.15) is 0 Å². The minimum atomic E-state index is 0.157. The van der Waals surface area contributed by atoms with Gasteiger partial charge in [-0.1, -0.05) is 26.0 Å². The molecule has 0 aliphatic carbocycles. The largest absolute Gasteiger partial charge is 0.493 e. The summed E-state index contributed by atoms with van der Waals surface area (Å²) in [6, 6.07) is 8.00. The molecule has 0 N–H and O–H groups in total. The quantitative estimate of drug-likeness (QED) is 0.726. The van der Waals surface area contributed by atoms with E-state index in [0.29, 0.717) is 13.0 Å². The van der Waals surface area contributed by atoms with Gasteiger partial charge in [-0.3, -0.25) is 0 Å². The highest BCUT2D eigenvalue weighted by molar-refractivity contribution is 5.51. The van der Waals surface area contributed by atoms with Crippen LogP contribution in [0.1, 0.15) is 31.7 Å². The Labute approximate surface area is 108 Å². The van der Waals surface area contributed by atoms with Gasteiger partial charge in [-0.15, -0.1) is 0 Å². The van der Waals surface area contributed by atoms with Crippen LogP contribution in [-0.2, 0) is 9.53 Å². The van der Waals surface area contributed by atoms with Crippen molar-refractivity contribution in [2.45, 2.75) is 26.2 Å². The average molecular weight is 248 g/mol. The van der Waals surface area contributed by atoms with E-state index in [2.05, 4.69) is 13.8 Å². The summed E-state index contributed by atoms with van der Waals surface area (Å²) in [4.78, 5) is 10.5. The third-order valence-corrected chi connectivity index (χ3v) is 3.37. The first-order chi connectivity index (χ1) is 8.63. The maximum Gasteiger partial charge on any atom is 0.120 e. The minimum absolute atomic E-state index is 0.157. The van der Waals surface area contributed by atoms with Gasteiger partial charge in [0.25, 0.3) is 0 Å². The van der Waals surface area contributed by atoms with Crippen molar-refractivity contribution < 1.29 is 14.3 Å². The van der Waals surface area contributed by atoms with Crippen LogP contribution in [0.3, 0.4) is 0 Å². The summed E-state index contributed by atoms with van der Waals surface area (Å²) in [6.07, 6.45) is 1.51. The number of rotatable bonds is 6. The van der Waals surface area contributed by atoms with Crippen LogP contribution in [0.5, 0.6) is 5.75 Å². The summed E-state index contributed by atoms with van der Waals surface area (Å²) >= 11 is 0. The van der Waals surface area contributed by atoms with E-state index in [1.54, 1.807) is 0 Å². The van der Waals surface area contributed by atoms with E-state index < -0.39 is 0 Å². The van der Waals surface area contributed by atoms with Crippen molar-refractivity contribution in [3.05, 3.63) is 29.8 Å². The lowest BCUT2D eigenvalue weighted by Gasteiger charge is -2.37. The number of benzene rings is 1. The molecular weight excluding hydrogens is 228 g/mol. The Kier molecular flexibility index (Phi) is 4.02. The summed E-state index contributed by atoms with van der Waals surface area (Å²) in [7, 11) is 0. The molecule has 18 heavy (non-hydrogen) atoms. The lowest BCUT2D eigenvalue weighted by atomic mass is 9.90. The molecule has 1 aromatic carbocycles. The molecule has 0 bridgehead atoms. The van der Waals surface area contributed by atoms with Gasteiger partial charge in [0, 0.05) is 11.8 Å². The first-order valence-electron chi connectivity index (χ1n) is 6.37. The van der Waals surface area contributed by atoms with Crippen molar-refractivity contribution in [2.24, 2.45) is 5.41 Å². The first-order valence-corrected chi connectivity index (χ1v) is 6.37. The van der Waals surface area contributed by atoms with Crippen molar-refractivity contribution in [3.63, 3.8) is 0 Å². The highest BCUT2D eigenvalue weighted by Gasteiger charge is 2.34. The fraction of sp³-hybridized carbons (Fsp3) is 0.533. The van der Waals surface area contributed by atoms with Crippen molar-refractivity contribution in [2.75, 3.05) is 19.8 Å². The van der Waals surface area contributed by atoms with Crippen LogP contribution in [0, 0.1) is 5.41 Å². The van der Waals surface area contributed by atoms with E-state index in [1.807, 2.05) is 24.3 Å². The molecule has 1 aliphatic heterocycles. The molecule has 0 radical (unpaired) electrons. The molecule has 1 heterocycles. The number of ether oxygens (including phenoxy) is 2. The fourth-order valence-corrected chi connectivity index (χ4v) is 1.98. The average Bonchev–Trinajstić information content (AvgIpc) is 2.35. The SMILES string of the molecule is CC(CC=O)c1cccc(OCC2(C)COC2)c1. The van der Waals surface area contributed by atoms with Crippen LogP contribution < -0.4 is 4.74 Å². The second kappa shape index (κ2) is 5.53. The van der Waals surface area contributed by atoms with Crippen molar-refractivity contribution in [1.82, 2.24) is 0 Å². The van der Waals surface area contributed by atoms with Crippen LogP contribution in [0.4, 0.5) is 0 Å². The van der Waals surface area contributed by atoms with E-state index >= 15 is 0 Å². The van der Waals surface area contributed by atoms with Gasteiger partial charge in [-0.05, 0) is 23.6 Å². The zero-order valence-electron chi connectivity index (χ0n) is 11.0. The van der Waals surface area contributed by atoms with Gasteiger partial charge in [0.15, 0.2) is 0 Å². The Hall–Kier alpha value is -1.35. The fourth-order valence-electron chi connectivity index (χ4n) is 1.98. The summed E-state index contributed by atoms with van der Waals surface area (Å²) < 4.78 is 11.0. The van der Waals surface area contributed by atoms with Gasteiger partial charge >= 0.3 is 0 Å². The lowest BCUT2D eigenvalue weighted by Crippen LogP contribution is -2.44. The summed E-state index contributed by atoms with van der Waals surface area (Å²) in [6.45, 7) is 6.44. The first kappa shape index (κ1) is 13.1. The highest BCUT2D eigenvalue weighted by atomic mass is 16.5. The molecule has 1 unspecified atom stereocenters. The normalized spacial score (nSPS) is 18.8. The van der Waals surface area contributed by atoms with E-state index in [0.717, 1.165) is 30.8 Å². The van der Waals surface area contributed by atoms with E-state index in [4.69, 9.17) is 9.47 Å². The highest BCUT2D eigenvalue weighted by Crippen LogP contribution is 2.28. The minimum Gasteiger partial charge on any atom is -0.493 e. The van der Waals surface area contributed by atoms with Crippen LogP contribution in [-0.4, -0.2) is 26.1 Å². The Morgan fingerprint density at radius 1 is 1.50 bits per heavy atom. The summed E-state index contributed by atoms with van der Waals surface area (Å²) in [5, 5.41) is 0. The second-order valence-electron chi connectivity index (χ2n) is 5.47. The Balaban J connectivity index is 1.96. The number of hydrogen-bond acceptors (Lipinski definition) is 3. The van der Waals surface area contributed by atoms with Gasteiger partial charge in [0.1, 0.15) is 12.0 Å². The summed E-state index contributed by atoms with van der Waals surface area (Å²) in [5.41, 5.74) is 1.30. The standard InChI is InChI=1S/C15H20O3/c1-12(6-7-16)13-4-3-5-14(8-13)18-11-15(2)9-17-10-15/h3-5,7-8,12H,6,9-11H2,1-2H3. The summed E-state index contributed by atoms with van der Waals surface area (Å²) in [5.74, 6) is 1.12. The number of carbonyl (C=O) groups is 1. The van der Waals surface area contributed by atoms with Crippen molar-refractivity contribution >= 4 is 6.29 Å². The molecule has 0 amide bonds. The number of hydrogen-bond donors (Lipinski definition) is 0. The van der Waals surface area contributed by atoms with Gasteiger partial charge in [0.05, 0.1) is 19.8 Å². The molecule has 0 saturated carbocycles. The van der Waals surface area contributed by atoms with E-state index in [1.165, 1.54) is 0 Å². The molecule has 1 atom stereocenters. The predicted octanol–water partition coefficient (Wildman–Crippen LogP) is 2.79. The van der Waals surface area contributed by atoms with Crippen molar-refractivity contribution in [3.8, 4) is 5.75 Å². The molecule has 3 nitrogen and oxygen atoms in total. The molecular formula is C15H20O3. The Morgan fingerprint density at radius 2 is 2.28 bits per heavy atom. The third-order valence-electron chi connectivity index (χ3n) is 3.37. The van der Waals surface area contributed by atoms with Crippen LogP contribution in [0.2, 0.25) is 0 Å². The molecule has 0 aromatic heterocycles. The zero-order chi connectivity index (χ0) is 13.0. The predicted molar refractivity (Wildman–Crippen MR) is 70.0 cm³/mol. The molecule has 1 fully saturated rings. The molecule has 98 valence electrons. The van der Waals surface area contributed by atoms with Gasteiger partial charge in [0.2, 0.25) is 0 Å². The zero-order valence-corrected chi connectivity index (χ0v) is 11.0. The third kappa shape index (κ3) is 3.10. The van der Waals surface area contributed by atoms with Crippen LogP contribution in [0.15, 0.2) is 24.3 Å². The van der Waals surface area contributed by atoms with Crippen LogP contribution in [0.25, 0.3) is 0 Å². The molecule has 1 aliphatic rings. The molecule has 0 spiro atoms. The molecule has 3 heteroatoms.